The number of ether oxygens (including phenoxy) is 1. The zero-order chi connectivity index (χ0) is 17.0. The Bertz CT molecular complexity index is 654. The van der Waals surface area contributed by atoms with Gasteiger partial charge in [-0.25, -0.2) is 0 Å². The SMILES string of the molecule is Cc1ccc(N/C=C(/C#N)C(=O)N2CC(C)OC(C)C2)c(O)c1. The van der Waals surface area contributed by atoms with Crippen LogP contribution in [0.5, 0.6) is 5.75 Å². The Kier molecular flexibility index (Phi) is 5.24. The molecule has 1 saturated heterocycles. The van der Waals surface area contributed by atoms with Crippen LogP contribution in [0.15, 0.2) is 30.0 Å². The molecule has 2 atom stereocenters. The third-order valence-electron chi connectivity index (χ3n) is 3.58. The van der Waals surface area contributed by atoms with Crippen molar-refractivity contribution in [3.8, 4) is 11.8 Å². The first-order valence-corrected chi connectivity index (χ1v) is 7.52. The molecule has 0 bridgehead atoms. The van der Waals surface area contributed by atoms with Gasteiger partial charge >= 0.3 is 0 Å². The van der Waals surface area contributed by atoms with Gasteiger partial charge < -0.3 is 20.1 Å². The first-order valence-electron chi connectivity index (χ1n) is 7.52. The maximum Gasteiger partial charge on any atom is 0.266 e. The second kappa shape index (κ2) is 7.16. The molecule has 1 amide bonds. The lowest BCUT2D eigenvalue weighted by molar-refractivity contribution is -0.138. The number of aryl methyl sites for hydroxylation is 1. The molecule has 0 saturated carbocycles. The molecule has 1 aromatic rings. The van der Waals surface area contributed by atoms with E-state index in [1.54, 1.807) is 17.0 Å². The molecule has 0 spiro atoms. The van der Waals surface area contributed by atoms with Gasteiger partial charge in [-0.3, -0.25) is 4.79 Å². The van der Waals surface area contributed by atoms with E-state index in [1.807, 2.05) is 32.9 Å². The van der Waals surface area contributed by atoms with Crippen molar-refractivity contribution in [3.63, 3.8) is 0 Å². The predicted octanol–water partition coefficient (Wildman–Crippen LogP) is 2.16. The number of nitrogens with zero attached hydrogens (tertiary/aromatic N) is 2. The zero-order valence-corrected chi connectivity index (χ0v) is 13.5. The Morgan fingerprint density at radius 1 is 1.43 bits per heavy atom. The minimum atomic E-state index is -0.339. The summed E-state index contributed by atoms with van der Waals surface area (Å²) < 4.78 is 5.59. The number of morpholine rings is 1. The summed E-state index contributed by atoms with van der Waals surface area (Å²) in [5.41, 5.74) is 1.36. The number of carbonyl (C=O) groups excluding carboxylic acids is 1. The van der Waals surface area contributed by atoms with Gasteiger partial charge in [0.2, 0.25) is 0 Å². The van der Waals surface area contributed by atoms with Crippen LogP contribution in [0, 0.1) is 18.3 Å². The van der Waals surface area contributed by atoms with E-state index in [1.165, 1.54) is 6.20 Å². The van der Waals surface area contributed by atoms with Crippen LogP contribution in [-0.2, 0) is 9.53 Å². The van der Waals surface area contributed by atoms with Crippen molar-refractivity contribution in [2.75, 3.05) is 18.4 Å². The Balaban J connectivity index is 2.12. The number of hydrogen-bond donors (Lipinski definition) is 2. The molecule has 1 heterocycles. The van der Waals surface area contributed by atoms with E-state index in [-0.39, 0.29) is 29.4 Å². The van der Waals surface area contributed by atoms with Crippen molar-refractivity contribution in [2.45, 2.75) is 33.0 Å². The van der Waals surface area contributed by atoms with Crippen molar-refractivity contribution >= 4 is 11.6 Å². The maximum absolute atomic E-state index is 12.5. The first-order chi connectivity index (χ1) is 10.9. The van der Waals surface area contributed by atoms with Crippen molar-refractivity contribution < 1.29 is 14.6 Å². The quantitative estimate of drug-likeness (QED) is 0.507. The third-order valence-corrected chi connectivity index (χ3v) is 3.58. The number of benzene rings is 1. The number of nitrogens with one attached hydrogen (secondary N) is 1. The van der Waals surface area contributed by atoms with Crippen LogP contribution in [0.4, 0.5) is 5.69 Å². The van der Waals surface area contributed by atoms with E-state index < -0.39 is 0 Å². The maximum atomic E-state index is 12.5. The molecule has 0 radical (unpaired) electrons. The molecule has 2 unspecified atom stereocenters. The van der Waals surface area contributed by atoms with Crippen molar-refractivity contribution in [1.82, 2.24) is 4.90 Å². The van der Waals surface area contributed by atoms with E-state index >= 15 is 0 Å². The van der Waals surface area contributed by atoms with Gasteiger partial charge in [0.1, 0.15) is 17.4 Å². The molecule has 122 valence electrons. The number of carbonyl (C=O) groups is 1. The van der Waals surface area contributed by atoms with Crippen LogP contribution in [0.2, 0.25) is 0 Å². The normalized spacial score (nSPS) is 21.7. The highest BCUT2D eigenvalue weighted by molar-refractivity contribution is 5.97. The highest BCUT2D eigenvalue weighted by Gasteiger charge is 2.27. The van der Waals surface area contributed by atoms with E-state index in [0.717, 1.165) is 5.56 Å². The molecular formula is C17H21N3O3. The fourth-order valence-corrected chi connectivity index (χ4v) is 2.57. The number of phenols is 1. The average Bonchev–Trinajstić information content (AvgIpc) is 2.48. The summed E-state index contributed by atoms with van der Waals surface area (Å²) in [7, 11) is 0. The summed E-state index contributed by atoms with van der Waals surface area (Å²) in [4.78, 5) is 14.1. The fraction of sp³-hybridized carbons (Fsp3) is 0.412. The van der Waals surface area contributed by atoms with Gasteiger partial charge in [-0.1, -0.05) is 6.07 Å². The summed E-state index contributed by atoms with van der Waals surface area (Å²) in [6.07, 6.45) is 1.21. The smallest absolute Gasteiger partial charge is 0.266 e. The van der Waals surface area contributed by atoms with Crippen LogP contribution in [0.25, 0.3) is 0 Å². The molecule has 0 aromatic heterocycles. The van der Waals surface area contributed by atoms with Crippen molar-refractivity contribution in [3.05, 3.63) is 35.5 Å². The Morgan fingerprint density at radius 3 is 2.65 bits per heavy atom. The van der Waals surface area contributed by atoms with Crippen LogP contribution < -0.4 is 5.32 Å². The van der Waals surface area contributed by atoms with Gasteiger partial charge in [0.15, 0.2) is 0 Å². The zero-order valence-electron chi connectivity index (χ0n) is 13.5. The lowest BCUT2D eigenvalue weighted by atomic mass is 10.2. The molecule has 23 heavy (non-hydrogen) atoms. The summed E-state index contributed by atoms with van der Waals surface area (Å²) in [5, 5.41) is 21.9. The van der Waals surface area contributed by atoms with Crippen LogP contribution in [-0.4, -0.2) is 41.2 Å². The lowest BCUT2D eigenvalue weighted by Crippen LogP contribution is -2.48. The van der Waals surface area contributed by atoms with Gasteiger partial charge in [-0.15, -0.1) is 0 Å². The Morgan fingerprint density at radius 2 is 2.09 bits per heavy atom. The number of aromatic hydroxyl groups is 1. The molecule has 2 N–H and O–H groups in total. The fourth-order valence-electron chi connectivity index (χ4n) is 2.57. The predicted molar refractivity (Wildman–Crippen MR) is 86.8 cm³/mol. The molecule has 1 aromatic carbocycles. The topological polar surface area (TPSA) is 85.6 Å². The molecule has 2 rings (SSSR count). The van der Waals surface area contributed by atoms with Crippen molar-refractivity contribution in [2.24, 2.45) is 0 Å². The van der Waals surface area contributed by atoms with Crippen LogP contribution >= 0.6 is 0 Å². The molecule has 1 fully saturated rings. The minimum Gasteiger partial charge on any atom is -0.506 e. The monoisotopic (exact) mass is 315 g/mol. The lowest BCUT2D eigenvalue weighted by Gasteiger charge is -2.35. The van der Waals surface area contributed by atoms with E-state index in [2.05, 4.69) is 5.32 Å². The summed E-state index contributed by atoms with van der Waals surface area (Å²) in [6.45, 7) is 6.57. The summed E-state index contributed by atoms with van der Waals surface area (Å²) >= 11 is 0. The highest BCUT2D eigenvalue weighted by Crippen LogP contribution is 2.24. The largest absolute Gasteiger partial charge is 0.506 e. The molecule has 1 aliphatic heterocycles. The van der Waals surface area contributed by atoms with E-state index in [4.69, 9.17) is 4.74 Å². The van der Waals surface area contributed by atoms with Gasteiger partial charge in [0.05, 0.1) is 17.9 Å². The average molecular weight is 315 g/mol. The molecule has 0 aliphatic carbocycles. The number of rotatable bonds is 3. The standard InChI is InChI=1S/C17H21N3O3/c1-11-4-5-15(16(21)6-11)19-8-14(7-18)17(22)20-9-12(2)23-13(3)10-20/h4-6,8,12-13,19,21H,9-10H2,1-3H3/b14-8-. The number of hydrogen-bond acceptors (Lipinski definition) is 5. The minimum absolute atomic E-state index is 0.00808. The van der Waals surface area contributed by atoms with Crippen molar-refractivity contribution in [1.29, 1.82) is 5.26 Å². The van der Waals surface area contributed by atoms with Crippen LogP contribution in [0.1, 0.15) is 19.4 Å². The second-order valence-electron chi connectivity index (χ2n) is 5.80. The van der Waals surface area contributed by atoms with Gasteiger partial charge in [0, 0.05) is 19.3 Å². The number of anilines is 1. The molecule has 1 aliphatic rings. The number of nitriles is 1. The van der Waals surface area contributed by atoms with Gasteiger partial charge in [0.25, 0.3) is 5.91 Å². The van der Waals surface area contributed by atoms with Gasteiger partial charge in [-0.2, -0.15) is 5.26 Å². The van der Waals surface area contributed by atoms with E-state index in [9.17, 15) is 15.2 Å². The number of phenolic OH excluding ortho intramolecular Hbond substituents is 1. The summed E-state index contributed by atoms with van der Waals surface area (Å²) in [5.74, 6) is -0.270. The second-order valence-corrected chi connectivity index (χ2v) is 5.80. The first kappa shape index (κ1) is 16.8. The Labute approximate surface area is 136 Å². The van der Waals surface area contributed by atoms with E-state index in [0.29, 0.717) is 18.8 Å². The van der Waals surface area contributed by atoms with Gasteiger partial charge in [-0.05, 0) is 38.5 Å². The van der Waals surface area contributed by atoms with Crippen LogP contribution in [0.3, 0.4) is 0 Å². The Hall–Kier alpha value is -2.52. The number of amides is 1. The molecular weight excluding hydrogens is 294 g/mol. The molecule has 6 nitrogen and oxygen atoms in total. The summed E-state index contributed by atoms with van der Waals surface area (Å²) in [6, 6.07) is 7.04. The third kappa shape index (κ3) is 4.24. The highest BCUT2D eigenvalue weighted by atomic mass is 16.5. The molecule has 6 heteroatoms.